The number of benzene rings is 2. The van der Waals surface area contributed by atoms with E-state index in [1.54, 1.807) is 19.9 Å². The summed E-state index contributed by atoms with van der Waals surface area (Å²) in [6, 6.07) is 7.73. The van der Waals surface area contributed by atoms with Gasteiger partial charge in [0.15, 0.2) is 11.6 Å². The molecule has 3 aromatic rings. The minimum absolute atomic E-state index is 0.0332. The van der Waals surface area contributed by atoms with Crippen LogP contribution in [0.15, 0.2) is 45.3 Å². The second-order valence-corrected chi connectivity index (χ2v) is 9.25. The van der Waals surface area contributed by atoms with Gasteiger partial charge in [-0.3, -0.25) is 4.57 Å². The summed E-state index contributed by atoms with van der Waals surface area (Å²) in [6.45, 7) is 3.51. The van der Waals surface area contributed by atoms with Crippen molar-refractivity contribution in [3.8, 4) is 0 Å². The lowest BCUT2D eigenvalue weighted by Crippen LogP contribution is -2.10. The summed E-state index contributed by atoms with van der Waals surface area (Å²) in [4.78, 5) is 0. The van der Waals surface area contributed by atoms with Crippen LogP contribution >= 0.6 is 23.5 Å². The number of hydrogen-bond acceptors (Lipinski definition) is 4. The Bertz CT molecular complexity index is 1060. The van der Waals surface area contributed by atoms with Gasteiger partial charge in [0, 0.05) is 0 Å². The zero-order valence-electron chi connectivity index (χ0n) is 15.8. The highest BCUT2D eigenvalue weighted by atomic mass is 79.9. The van der Waals surface area contributed by atoms with Crippen molar-refractivity contribution in [3.63, 3.8) is 0 Å². The highest BCUT2D eigenvalue weighted by molar-refractivity contribution is 9.10. The molecule has 0 aliphatic heterocycles. The molecule has 3 rings (SSSR count). The number of furan rings is 1. The fourth-order valence-electron chi connectivity index (χ4n) is 3.12. The van der Waals surface area contributed by atoms with Crippen LogP contribution in [0.3, 0.4) is 0 Å². The van der Waals surface area contributed by atoms with Crippen molar-refractivity contribution in [1.82, 2.24) is 0 Å². The third-order valence-electron chi connectivity index (χ3n) is 4.35. The van der Waals surface area contributed by atoms with Gasteiger partial charge in [0.05, 0.1) is 23.1 Å². The van der Waals surface area contributed by atoms with Crippen molar-refractivity contribution in [2.45, 2.75) is 25.9 Å². The van der Waals surface area contributed by atoms with E-state index in [0.29, 0.717) is 5.56 Å². The van der Waals surface area contributed by atoms with Crippen molar-refractivity contribution >= 4 is 34.5 Å². The monoisotopic (exact) mass is 490 g/mol. The molecule has 0 spiro atoms. The van der Waals surface area contributed by atoms with Gasteiger partial charge in [-0.05, 0) is 66.0 Å². The van der Waals surface area contributed by atoms with Gasteiger partial charge in [-0.1, -0.05) is 12.1 Å². The number of fused-ring (bicyclic) bond motifs is 1. The van der Waals surface area contributed by atoms with Crippen molar-refractivity contribution in [3.05, 3.63) is 69.6 Å². The summed E-state index contributed by atoms with van der Waals surface area (Å²) in [7, 11) is -3.80. The van der Waals surface area contributed by atoms with Crippen molar-refractivity contribution < 1.29 is 31.2 Å². The van der Waals surface area contributed by atoms with Crippen molar-refractivity contribution in [2.75, 3.05) is 13.2 Å². The van der Waals surface area contributed by atoms with Crippen LogP contribution in [-0.2, 0) is 20.0 Å². The Balaban J connectivity index is 2.17. The Morgan fingerprint density at radius 1 is 1.03 bits per heavy atom. The lowest BCUT2D eigenvalue weighted by atomic mass is 10.1. The smallest absolute Gasteiger partial charge is 0.341 e. The molecule has 0 saturated heterocycles. The molecular weight excluding hydrogens is 472 g/mol. The average Bonchev–Trinajstić information content (AvgIpc) is 3.00. The normalized spacial score (nSPS) is 13.2. The van der Waals surface area contributed by atoms with Crippen molar-refractivity contribution in [1.29, 1.82) is 0 Å². The molecule has 0 saturated carbocycles. The average molecular weight is 491 g/mol. The molecule has 0 amide bonds. The Hall–Kier alpha value is -1.60. The highest BCUT2D eigenvalue weighted by Crippen LogP contribution is 2.63. The lowest BCUT2D eigenvalue weighted by molar-refractivity contribution is 0.209. The zero-order valence-corrected chi connectivity index (χ0v) is 18.2. The Kier molecular flexibility index (Phi) is 6.89. The zero-order chi connectivity index (χ0) is 21.2. The van der Waals surface area contributed by atoms with E-state index in [2.05, 4.69) is 15.9 Å². The number of halogens is 4. The maximum Gasteiger partial charge on any atom is 0.341 e. The molecule has 1 aromatic heterocycles. The summed E-state index contributed by atoms with van der Waals surface area (Å²) in [5, 5.41) is 0.192. The van der Waals surface area contributed by atoms with Crippen LogP contribution in [0.4, 0.5) is 13.2 Å². The second-order valence-electron chi connectivity index (χ2n) is 6.24. The van der Waals surface area contributed by atoms with Crippen LogP contribution in [0.2, 0.25) is 0 Å². The van der Waals surface area contributed by atoms with Gasteiger partial charge in [0.1, 0.15) is 22.8 Å². The quantitative estimate of drug-likeness (QED) is 0.314. The Morgan fingerprint density at radius 2 is 1.72 bits per heavy atom. The standard InChI is InChI=1S/C20H19BrF3O4P/c1-3-26-29(25,27-4-2)17(11-12-8-9-13(22)15(24)10-12)20-19(21)18-14(23)6-5-7-16(18)28-20/h5-10,17H,3-4,11H2,1-2H3. The molecule has 0 fully saturated rings. The molecule has 0 aliphatic rings. The highest BCUT2D eigenvalue weighted by Gasteiger charge is 2.41. The molecule has 1 atom stereocenters. The number of hydrogen-bond donors (Lipinski definition) is 0. The van der Waals surface area contributed by atoms with Gasteiger partial charge < -0.3 is 13.5 Å². The first-order valence-electron chi connectivity index (χ1n) is 8.99. The first-order chi connectivity index (χ1) is 13.8. The molecule has 1 unspecified atom stereocenters. The fraction of sp³-hybridized carbons (Fsp3) is 0.300. The molecule has 29 heavy (non-hydrogen) atoms. The summed E-state index contributed by atoms with van der Waals surface area (Å²) >= 11 is 3.34. The van der Waals surface area contributed by atoms with Crippen molar-refractivity contribution in [2.24, 2.45) is 0 Å². The van der Waals surface area contributed by atoms with E-state index in [0.717, 1.165) is 12.1 Å². The predicted molar refractivity (Wildman–Crippen MR) is 108 cm³/mol. The van der Waals surface area contributed by atoms with E-state index < -0.39 is 30.7 Å². The summed E-state index contributed by atoms with van der Waals surface area (Å²) < 4.78 is 72.1. The Labute approximate surface area is 174 Å². The molecule has 156 valence electrons. The molecular formula is C20H19BrF3O4P. The van der Waals surface area contributed by atoms with Gasteiger partial charge in [0.25, 0.3) is 0 Å². The molecule has 0 aliphatic carbocycles. The summed E-state index contributed by atoms with van der Waals surface area (Å²) in [5.74, 6) is -2.38. The van der Waals surface area contributed by atoms with Crippen LogP contribution in [0, 0.1) is 17.5 Å². The van der Waals surface area contributed by atoms with Gasteiger partial charge in [-0.25, -0.2) is 13.2 Å². The van der Waals surface area contributed by atoms with E-state index in [4.69, 9.17) is 13.5 Å². The minimum atomic E-state index is -3.80. The maximum atomic E-state index is 14.3. The van der Waals surface area contributed by atoms with E-state index in [-0.39, 0.29) is 40.8 Å². The first-order valence-corrected chi connectivity index (χ1v) is 11.4. The summed E-state index contributed by atoms with van der Waals surface area (Å²) in [5.41, 5.74) is -0.392. The van der Waals surface area contributed by atoms with Crippen LogP contribution in [0.5, 0.6) is 0 Å². The third kappa shape index (κ3) is 4.45. The van der Waals surface area contributed by atoms with E-state index in [9.17, 15) is 17.7 Å². The SMILES string of the molecule is CCOP(=O)(OCC)C(Cc1ccc(F)c(F)c1)c1oc2cccc(F)c2c1Br. The van der Waals surface area contributed by atoms with Gasteiger partial charge >= 0.3 is 7.60 Å². The molecule has 0 bridgehead atoms. The van der Waals surface area contributed by atoms with Gasteiger partial charge in [0.2, 0.25) is 0 Å². The van der Waals surface area contributed by atoms with Gasteiger partial charge in [-0.15, -0.1) is 0 Å². The third-order valence-corrected chi connectivity index (χ3v) is 7.55. The molecule has 9 heteroatoms. The van der Waals surface area contributed by atoms with Crippen LogP contribution < -0.4 is 0 Å². The van der Waals surface area contributed by atoms with Gasteiger partial charge in [-0.2, -0.15) is 0 Å². The van der Waals surface area contributed by atoms with Crippen LogP contribution in [0.25, 0.3) is 11.0 Å². The molecule has 2 aromatic carbocycles. The molecule has 4 nitrogen and oxygen atoms in total. The second kappa shape index (κ2) is 9.04. The van der Waals surface area contributed by atoms with E-state index in [1.165, 1.54) is 18.2 Å². The van der Waals surface area contributed by atoms with Crippen LogP contribution in [0.1, 0.15) is 30.8 Å². The fourth-order valence-corrected chi connectivity index (χ4v) is 6.09. The van der Waals surface area contributed by atoms with E-state index in [1.807, 2.05) is 0 Å². The largest absolute Gasteiger partial charge is 0.459 e. The number of rotatable bonds is 8. The van der Waals surface area contributed by atoms with Crippen LogP contribution in [-0.4, -0.2) is 13.2 Å². The lowest BCUT2D eigenvalue weighted by Gasteiger charge is -2.25. The maximum absolute atomic E-state index is 14.3. The summed E-state index contributed by atoms with van der Waals surface area (Å²) in [6.07, 6.45) is -0.0332. The molecule has 0 radical (unpaired) electrons. The first kappa shape index (κ1) is 22.1. The molecule has 1 heterocycles. The van der Waals surface area contributed by atoms with E-state index >= 15 is 0 Å². The molecule has 0 N–H and O–H groups in total. The minimum Gasteiger partial charge on any atom is -0.459 e. The predicted octanol–water partition coefficient (Wildman–Crippen LogP) is 7.16. The Morgan fingerprint density at radius 3 is 2.31 bits per heavy atom. The topological polar surface area (TPSA) is 48.7 Å².